The number of rotatable bonds is 90. The van der Waals surface area contributed by atoms with Crippen LogP contribution in [0.4, 0.5) is 0 Å². The summed E-state index contributed by atoms with van der Waals surface area (Å²) in [6.07, 6.45) is 77.8. The molecule has 0 saturated heterocycles. The van der Waals surface area contributed by atoms with Gasteiger partial charge >= 0.3 is 39.5 Å². The molecule has 17 nitrogen and oxygen atoms in total. The van der Waals surface area contributed by atoms with Crippen LogP contribution in [0.3, 0.4) is 0 Å². The van der Waals surface area contributed by atoms with Crippen LogP contribution in [0.15, 0.2) is 0 Å². The van der Waals surface area contributed by atoms with Gasteiger partial charge in [0.2, 0.25) is 0 Å². The third-order valence-corrected chi connectivity index (χ3v) is 23.5. The van der Waals surface area contributed by atoms with Gasteiger partial charge in [0, 0.05) is 25.7 Å². The van der Waals surface area contributed by atoms with Gasteiger partial charge in [-0.05, 0) is 31.6 Å². The van der Waals surface area contributed by atoms with Gasteiger partial charge in [0.05, 0.1) is 26.4 Å². The van der Waals surface area contributed by atoms with E-state index in [0.29, 0.717) is 25.7 Å². The molecule has 0 aromatic heterocycles. The van der Waals surface area contributed by atoms with Crippen molar-refractivity contribution in [3.63, 3.8) is 0 Å². The zero-order valence-electron chi connectivity index (χ0n) is 71.7. The average molecular weight is 1590 g/mol. The van der Waals surface area contributed by atoms with Crippen LogP contribution in [0.25, 0.3) is 0 Å². The monoisotopic (exact) mass is 1590 g/mol. The Labute approximate surface area is 670 Å². The fraction of sp³-hybridized carbons (Fsp3) is 0.956. The van der Waals surface area contributed by atoms with E-state index in [4.69, 9.17) is 37.0 Å². The van der Waals surface area contributed by atoms with Gasteiger partial charge < -0.3 is 33.8 Å². The maximum absolute atomic E-state index is 13.2. The summed E-state index contributed by atoms with van der Waals surface area (Å²) in [5.41, 5.74) is 0. The summed E-state index contributed by atoms with van der Waals surface area (Å²) in [7, 11) is -9.93. The highest BCUT2D eigenvalue weighted by Crippen LogP contribution is 2.45. The lowest BCUT2D eigenvalue weighted by atomic mass is 9.99. The lowest BCUT2D eigenvalue weighted by Crippen LogP contribution is -2.30. The Hall–Kier alpha value is -1.94. The molecule has 0 bridgehead atoms. The number of esters is 4. The summed E-state index contributed by atoms with van der Waals surface area (Å²) >= 11 is 0. The largest absolute Gasteiger partial charge is 0.472 e. The minimum Gasteiger partial charge on any atom is -0.462 e. The predicted molar refractivity (Wildman–Crippen MR) is 451 cm³/mol. The Balaban J connectivity index is 5.21. The zero-order chi connectivity index (χ0) is 79.7. The van der Waals surface area contributed by atoms with Crippen molar-refractivity contribution >= 4 is 39.5 Å². The first-order valence-corrected chi connectivity index (χ1v) is 49.7. The molecule has 0 aliphatic heterocycles. The Morgan fingerprint density at radius 2 is 0.440 bits per heavy atom. The fourth-order valence-electron chi connectivity index (χ4n) is 14.1. The molecule has 0 radical (unpaired) electrons. The van der Waals surface area contributed by atoms with Crippen molar-refractivity contribution in [2.45, 2.75) is 509 Å². The minimum absolute atomic E-state index is 0.108. The molecule has 0 spiro atoms. The zero-order valence-corrected chi connectivity index (χ0v) is 73.5. The van der Waals surface area contributed by atoms with E-state index in [1.165, 1.54) is 315 Å². The molecule has 3 N–H and O–H groups in total. The maximum atomic E-state index is 13.2. The molecule has 0 aliphatic carbocycles. The molecule has 0 aromatic carbocycles. The number of hydrogen-bond acceptors (Lipinski definition) is 15. The lowest BCUT2D eigenvalue weighted by molar-refractivity contribution is -0.161. The summed E-state index contributed by atoms with van der Waals surface area (Å²) in [5, 5.41) is 10.7. The smallest absolute Gasteiger partial charge is 0.462 e. The number of aliphatic hydroxyl groups excluding tert-OH is 1. The fourth-order valence-corrected chi connectivity index (χ4v) is 15.7. The van der Waals surface area contributed by atoms with E-state index < -0.39 is 97.5 Å². The second-order valence-electron chi connectivity index (χ2n) is 32.6. The molecule has 648 valence electrons. The van der Waals surface area contributed by atoms with E-state index in [0.717, 1.165) is 95.8 Å². The molecule has 0 heterocycles. The number of phosphoric acid groups is 2. The van der Waals surface area contributed by atoms with Crippen molar-refractivity contribution in [2.24, 2.45) is 5.92 Å². The maximum Gasteiger partial charge on any atom is 0.472 e. The quantitative estimate of drug-likeness (QED) is 0.0222. The molecule has 0 aliphatic rings. The Morgan fingerprint density at radius 3 is 0.651 bits per heavy atom. The van der Waals surface area contributed by atoms with Gasteiger partial charge in [0.25, 0.3) is 0 Å². The second kappa shape index (κ2) is 82.6. The van der Waals surface area contributed by atoms with E-state index in [-0.39, 0.29) is 25.7 Å². The van der Waals surface area contributed by atoms with Gasteiger partial charge in [-0.3, -0.25) is 37.3 Å². The third kappa shape index (κ3) is 82.4. The molecule has 109 heavy (non-hydrogen) atoms. The predicted octanol–water partition coefficient (Wildman–Crippen LogP) is 27.9. The number of phosphoric ester groups is 2. The molecule has 19 heteroatoms. The van der Waals surface area contributed by atoms with Crippen molar-refractivity contribution in [1.29, 1.82) is 0 Å². The number of carbonyl (C=O) groups excluding carboxylic acids is 4. The van der Waals surface area contributed by atoms with Gasteiger partial charge in [-0.25, -0.2) is 9.13 Å². The number of aliphatic hydroxyl groups is 1. The van der Waals surface area contributed by atoms with Gasteiger partial charge in [-0.15, -0.1) is 0 Å². The lowest BCUT2D eigenvalue weighted by Gasteiger charge is -2.21. The van der Waals surface area contributed by atoms with Crippen LogP contribution in [0.2, 0.25) is 0 Å². The van der Waals surface area contributed by atoms with Gasteiger partial charge in [-0.1, -0.05) is 439 Å². The molecule has 0 saturated carbocycles. The summed E-state index contributed by atoms with van der Waals surface area (Å²) in [4.78, 5) is 73.3. The third-order valence-electron chi connectivity index (χ3n) is 21.6. The van der Waals surface area contributed by atoms with Crippen molar-refractivity contribution in [3.8, 4) is 0 Å². The van der Waals surface area contributed by atoms with Gasteiger partial charge in [-0.2, -0.15) is 0 Å². The molecule has 0 aromatic rings. The van der Waals surface area contributed by atoms with E-state index in [2.05, 4.69) is 34.6 Å². The summed E-state index contributed by atoms with van der Waals surface area (Å²) < 4.78 is 69.0. The Bertz CT molecular complexity index is 2070. The Kier molecular flexibility index (Phi) is 81.1. The molecule has 0 amide bonds. The van der Waals surface area contributed by atoms with Crippen molar-refractivity contribution in [1.82, 2.24) is 0 Å². The van der Waals surface area contributed by atoms with Crippen LogP contribution < -0.4 is 0 Å². The Morgan fingerprint density at radius 1 is 0.257 bits per heavy atom. The normalized spacial score (nSPS) is 13.9. The highest BCUT2D eigenvalue weighted by molar-refractivity contribution is 7.47. The number of carbonyl (C=O) groups is 4. The van der Waals surface area contributed by atoms with Crippen LogP contribution in [-0.4, -0.2) is 96.7 Å². The summed E-state index contributed by atoms with van der Waals surface area (Å²) in [6.45, 7) is 7.43. The van der Waals surface area contributed by atoms with Gasteiger partial charge in [0.1, 0.15) is 19.3 Å². The first-order chi connectivity index (χ1) is 53.1. The first kappa shape index (κ1) is 107. The van der Waals surface area contributed by atoms with Crippen molar-refractivity contribution < 1.29 is 80.2 Å². The first-order valence-electron chi connectivity index (χ1n) is 46.7. The van der Waals surface area contributed by atoms with Crippen LogP contribution in [0.5, 0.6) is 0 Å². The second-order valence-corrected chi connectivity index (χ2v) is 35.5. The van der Waals surface area contributed by atoms with Crippen LogP contribution in [0, 0.1) is 5.92 Å². The van der Waals surface area contributed by atoms with E-state index >= 15 is 0 Å². The minimum atomic E-state index is -4.97. The molecular formula is C90H176O17P2. The number of unbranched alkanes of at least 4 members (excludes halogenated alkanes) is 61. The van der Waals surface area contributed by atoms with E-state index in [9.17, 15) is 43.2 Å². The standard InChI is InChI=1S/C90H176O17P2/c1-6-10-13-16-19-22-25-27-29-31-33-34-35-37-39-41-46-50-55-60-65-70-75-89(94)107-86(80-101-88(93)74-69-64-59-54-49-45-40-38-36-32-30-28-26-23-20-17-14-11-7-2)82-105-109(98,99)103-78-84(91)77-102-108(96,97)104-81-85(79-100-87(92)73-68-63-58-53-24-21-18-15-12-8-3)106-90(95)76-71-66-61-56-51-47-43-42-44-48-52-57-62-67-72-83(5)9-4/h83-86,91H,6-82H2,1-5H3,(H,96,97)(H,98,99)/t83?,84-,85+,86+/m0/s1. The van der Waals surface area contributed by atoms with Crippen molar-refractivity contribution in [3.05, 3.63) is 0 Å². The SMILES string of the molecule is CCCCCCCCCCCCCCCCCCCCCCCCC(=O)O[C@H](COC(=O)CCCCCCCCCCCCCCCCCCCCC)COP(=O)(O)OC[C@@H](O)COP(=O)(O)OC[C@@H](COC(=O)CCCCCCCCCCCC)OC(=O)CCCCCCCCCCCCCCCCC(C)CC. The topological polar surface area (TPSA) is 237 Å². The molecule has 0 fully saturated rings. The molecule has 3 unspecified atom stereocenters. The summed E-state index contributed by atoms with van der Waals surface area (Å²) in [6, 6.07) is 0. The van der Waals surface area contributed by atoms with E-state index in [1.807, 2.05) is 0 Å². The molecule has 0 rings (SSSR count). The van der Waals surface area contributed by atoms with Crippen LogP contribution in [0.1, 0.15) is 490 Å². The summed E-state index contributed by atoms with van der Waals surface area (Å²) in [5.74, 6) is -1.25. The average Bonchev–Trinajstić information content (AvgIpc) is 0.899. The highest BCUT2D eigenvalue weighted by atomic mass is 31.2. The van der Waals surface area contributed by atoms with Crippen molar-refractivity contribution in [2.75, 3.05) is 39.6 Å². The van der Waals surface area contributed by atoms with Gasteiger partial charge in [0.15, 0.2) is 12.2 Å². The highest BCUT2D eigenvalue weighted by Gasteiger charge is 2.31. The molecule has 6 atom stereocenters. The number of ether oxygens (including phenoxy) is 4. The molecular weight excluding hydrogens is 1410 g/mol. The van der Waals surface area contributed by atoms with Crippen LogP contribution in [-0.2, 0) is 65.4 Å². The van der Waals surface area contributed by atoms with Crippen LogP contribution >= 0.6 is 15.6 Å². The van der Waals surface area contributed by atoms with E-state index in [1.54, 1.807) is 0 Å². The number of hydrogen-bond donors (Lipinski definition) is 3.